The van der Waals surface area contributed by atoms with Crippen molar-refractivity contribution in [3.63, 3.8) is 0 Å². The molecule has 15 heavy (non-hydrogen) atoms. The summed E-state index contributed by atoms with van der Waals surface area (Å²) in [5, 5.41) is 17.0. The molecule has 0 aliphatic carbocycles. The number of rotatable bonds is 5. The van der Waals surface area contributed by atoms with Crippen molar-refractivity contribution in [3.8, 4) is 0 Å². The molecular weight excluding hydrogens is 266 g/mol. The SMILES string of the molecule is C=C(CNC)Cn1nc([N+](=O)[O-])nc1Br. The molecule has 0 fully saturated rings. The lowest BCUT2D eigenvalue weighted by molar-refractivity contribution is -0.394. The van der Waals surface area contributed by atoms with Crippen molar-refractivity contribution in [2.24, 2.45) is 0 Å². The molecule has 0 unspecified atom stereocenters. The van der Waals surface area contributed by atoms with E-state index in [0.717, 1.165) is 5.57 Å². The van der Waals surface area contributed by atoms with E-state index in [-0.39, 0.29) is 0 Å². The van der Waals surface area contributed by atoms with Crippen molar-refractivity contribution in [1.82, 2.24) is 20.1 Å². The molecule has 0 saturated carbocycles. The molecule has 0 spiro atoms. The fourth-order valence-electron chi connectivity index (χ4n) is 1.01. The summed E-state index contributed by atoms with van der Waals surface area (Å²) in [7, 11) is 1.80. The summed E-state index contributed by atoms with van der Waals surface area (Å²) in [6, 6.07) is 0. The number of aromatic nitrogens is 3. The van der Waals surface area contributed by atoms with E-state index in [0.29, 0.717) is 17.8 Å². The van der Waals surface area contributed by atoms with Gasteiger partial charge in [-0.15, -0.1) is 0 Å². The normalized spacial score (nSPS) is 10.3. The molecule has 0 aliphatic heterocycles. The second-order valence-corrected chi connectivity index (χ2v) is 3.59. The molecule has 0 aromatic carbocycles. The van der Waals surface area contributed by atoms with Crippen molar-refractivity contribution >= 4 is 21.9 Å². The summed E-state index contributed by atoms with van der Waals surface area (Å²) in [4.78, 5) is 13.4. The quantitative estimate of drug-likeness (QED) is 0.486. The van der Waals surface area contributed by atoms with Crippen LogP contribution >= 0.6 is 15.9 Å². The Morgan fingerprint density at radius 1 is 1.80 bits per heavy atom. The van der Waals surface area contributed by atoms with E-state index in [4.69, 9.17) is 0 Å². The van der Waals surface area contributed by atoms with Crippen LogP contribution in [0.3, 0.4) is 0 Å². The molecular formula is C7H10BrN5O2. The number of halogens is 1. The molecule has 0 bridgehead atoms. The van der Waals surface area contributed by atoms with Crippen LogP contribution in [0.1, 0.15) is 0 Å². The fraction of sp³-hybridized carbons (Fsp3) is 0.429. The van der Waals surface area contributed by atoms with Gasteiger partial charge >= 0.3 is 5.95 Å². The lowest BCUT2D eigenvalue weighted by Gasteiger charge is -2.01. The minimum absolute atomic E-state index is 0.325. The maximum Gasteiger partial charge on any atom is 0.492 e. The first-order chi connectivity index (χ1) is 7.04. The van der Waals surface area contributed by atoms with Crippen molar-refractivity contribution in [1.29, 1.82) is 0 Å². The maximum atomic E-state index is 10.4. The molecule has 8 heteroatoms. The van der Waals surface area contributed by atoms with Crippen LogP contribution in [0.25, 0.3) is 0 Å². The number of nitro groups is 1. The minimum atomic E-state index is -0.637. The number of hydrogen-bond acceptors (Lipinski definition) is 5. The summed E-state index contributed by atoms with van der Waals surface area (Å²) in [6.45, 7) is 4.81. The van der Waals surface area contributed by atoms with Gasteiger partial charge in [-0.25, -0.2) is 0 Å². The Labute approximate surface area is 94.5 Å². The molecule has 1 heterocycles. The highest BCUT2D eigenvalue weighted by atomic mass is 79.9. The van der Waals surface area contributed by atoms with E-state index in [1.807, 2.05) is 0 Å². The first-order valence-electron chi connectivity index (χ1n) is 4.10. The van der Waals surface area contributed by atoms with E-state index >= 15 is 0 Å². The third kappa shape index (κ3) is 3.10. The fourth-order valence-corrected chi connectivity index (χ4v) is 1.37. The molecule has 0 saturated heterocycles. The molecule has 7 nitrogen and oxygen atoms in total. The highest BCUT2D eigenvalue weighted by Crippen LogP contribution is 2.12. The summed E-state index contributed by atoms with van der Waals surface area (Å²) in [6.07, 6.45) is 0. The van der Waals surface area contributed by atoms with Gasteiger partial charge in [0.2, 0.25) is 0 Å². The largest absolute Gasteiger partial charge is 0.492 e. The Morgan fingerprint density at radius 2 is 2.47 bits per heavy atom. The second-order valence-electron chi connectivity index (χ2n) is 2.88. The van der Waals surface area contributed by atoms with Crippen LogP contribution in [0.15, 0.2) is 16.9 Å². The maximum absolute atomic E-state index is 10.4. The smallest absolute Gasteiger partial charge is 0.390 e. The average molecular weight is 276 g/mol. The highest BCUT2D eigenvalue weighted by Gasteiger charge is 2.19. The minimum Gasteiger partial charge on any atom is -0.390 e. The number of nitrogens with zero attached hydrogens (tertiary/aromatic N) is 4. The van der Waals surface area contributed by atoms with Gasteiger partial charge in [-0.2, -0.15) is 4.68 Å². The van der Waals surface area contributed by atoms with Gasteiger partial charge in [0.1, 0.15) is 0 Å². The predicted octanol–water partition coefficient (Wildman–Crippen LogP) is 0.724. The number of nitrogens with one attached hydrogen (secondary N) is 1. The van der Waals surface area contributed by atoms with Gasteiger partial charge < -0.3 is 15.4 Å². The zero-order valence-corrected chi connectivity index (χ0v) is 9.69. The van der Waals surface area contributed by atoms with E-state index < -0.39 is 10.9 Å². The van der Waals surface area contributed by atoms with Gasteiger partial charge in [-0.1, -0.05) is 6.58 Å². The van der Waals surface area contributed by atoms with E-state index in [1.54, 1.807) is 7.05 Å². The summed E-state index contributed by atoms with van der Waals surface area (Å²) in [5.74, 6) is -0.417. The monoisotopic (exact) mass is 275 g/mol. The van der Waals surface area contributed by atoms with Gasteiger partial charge in [0.15, 0.2) is 0 Å². The zero-order valence-electron chi connectivity index (χ0n) is 8.10. The van der Waals surface area contributed by atoms with Crippen LogP contribution in [0.4, 0.5) is 5.95 Å². The number of likely N-dealkylation sites (N-methyl/N-ethyl adjacent to an activating group) is 1. The van der Waals surface area contributed by atoms with Crippen LogP contribution in [0.5, 0.6) is 0 Å². The Kier molecular flexibility index (Phi) is 3.92. The van der Waals surface area contributed by atoms with Crippen molar-refractivity contribution in [3.05, 3.63) is 27.0 Å². The van der Waals surface area contributed by atoms with Crippen molar-refractivity contribution in [2.45, 2.75) is 6.54 Å². The van der Waals surface area contributed by atoms with Gasteiger partial charge in [0.05, 0.1) is 6.54 Å². The topological polar surface area (TPSA) is 85.9 Å². The van der Waals surface area contributed by atoms with Gasteiger partial charge in [-0.3, -0.25) is 0 Å². The van der Waals surface area contributed by atoms with Crippen LogP contribution in [0.2, 0.25) is 0 Å². The van der Waals surface area contributed by atoms with Crippen molar-refractivity contribution in [2.75, 3.05) is 13.6 Å². The molecule has 1 N–H and O–H groups in total. The first-order valence-corrected chi connectivity index (χ1v) is 4.90. The van der Waals surface area contributed by atoms with Crippen LogP contribution in [-0.4, -0.2) is 33.3 Å². The molecule has 82 valence electrons. The summed E-state index contributed by atoms with van der Waals surface area (Å²) < 4.78 is 1.71. The molecule has 0 amide bonds. The average Bonchev–Trinajstić information content (AvgIpc) is 2.48. The van der Waals surface area contributed by atoms with Crippen LogP contribution < -0.4 is 5.32 Å². The Bertz CT molecular complexity index is 389. The number of hydrogen-bond donors (Lipinski definition) is 1. The van der Waals surface area contributed by atoms with E-state index in [2.05, 4.69) is 37.9 Å². The molecule has 0 aliphatic rings. The lowest BCUT2D eigenvalue weighted by atomic mass is 10.3. The zero-order chi connectivity index (χ0) is 11.4. The predicted molar refractivity (Wildman–Crippen MR) is 57.4 cm³/mol. The van der Waals surface area contributed by atoms with Gasteiger partial charge in [0.25, 0.3) is 4.73 Å². The van der Waals surface area contributed by atoms with Crippen molar-refractivity contribution < 1.29 is 4.92 Å². The summed E-state index contributed by atoms with van der Waals surface area (Å²) in [5.41, 5.74) is 0.859. The lowest BCUT2D eigenvalue weighted by Crippen LogP contribution is -2.14. The van der Waals surface area contributed by atoms with Crippen LogP contribution in [0, 0.1) is 10.1 Å². The Hall–Kier alpha value is -1.28. The van der Waals surface area contributed by atoms with Crippen LogP contribution in [-0.2, 0) is 6.54 Å². The first kappa shape index (κ1) is 11.8. The standard InChI is InChI=1S/C7H10BrN5O2/c1-5(3-9-2)4-12-6(8)10-7(11-12)13(14)15/h9H,1,3-4H2,2H3. The molecule has 1 aromatic heterocycles. The third-order valence-corrected chi connectivity index (χ3v) is 2.17. The van der Waals surface area contributed by atoms with Gasteiger partial charge in [0, 0.05) is 27.6 Å². The summed E-state index contributed by atoms with van der Waals surface area (Å²) >= 11 is 3.09. The third-order valence-electron chi connectivity index (χ3n) is 1.58. The molecule has 0 radical (unpaired) electrons. The molecule has 1 aromatic rings. The van der Waals surface area contributed by atoms with E-state index in [1.165, 1.54) is 4.68 Å². The Balaban J connectivity index is 2.77. The highest BCUT2D eigenvalue weighted by molar-refractivity contribution is 9.10. The van der Waals surface area contributed by atoms with E-state index in [9.17, 15) is 10.1 Å². The second kappa shape index (κ2) is 4.99. The molecule has 1 rings (SSSR count). The molecule has 0 atom stereocenters. The Morgan fingerprint density at radius 3 is 2.93 bits per heavy atom. The van der Waals surface area contributed by atoms with Gasteiger partial charge in [-0.05, 0) is 22.5 Å².